The lowest BCUT2D eigenvalue weighted by molar-refractivity contribution is -0.132. The molecule has 22 heavy (non-hydrogen) atoms. The molecule has 0 spiro atoms. The van der Waals surface area contributed by atoms with Crippen LogP contribution in [0.15, 0.2) is 29.8 Å². The van der Waals surface area contributed by atoms with Gasteiger partial charge in [0.1, 0.15) is 0 Å². The summed E-state index contributed by atoms with van der Waals surface area (Å²) in [5.74, 6) is -1.11. The van der Waals surface area contributed by atoms with Crippen LogP contribution in [0.3, 0.4) is 0 Å². The minimum absolute atomic E-state index is 0.0686. The van der Waals surface area contributed by atoms with E-state index in [-0.39, 0.29) is 5.57 Å². The summed E-state index contributed by atoms with van der Waals surface area (Å²) in [6.07, 6.45) is 2.59. The second-order valence-electron chi connectivity index (χ2n) is 4.20. The summed E-state index contributed by atoms with van der Waals surface area (Å²) in [7, 11) is -3.53. The van der Waals surface area contributed by atoms with Crippen molar-refractivity contribution >= 4 is 27.8 Å². The van der Waals surface area contributed by atoms with E-state index in [1.54, 1.807) is 31.2 Å². The lowest BCUT2D eigenvalue weighted by Crippen LogP contribution is -2.42. The molecule has 1 N–H and O–H groups in total. The molecule has 0 radical (unpaired) electrons. The van der Waals surface area contributed by atoms with Gasteiger partial charge in [-0.05, 0) is 24.6 Å². The van der Waals surface area contributed by atoms with Gasteiger partial charge in [0.05, 0.1) is 23.6 Å². The standard InChI is InChI=1S/C12H13NO4S.2C2H6/c1-8-10(12(14)15)7-9-5-3-4-6-11(9)13(8)18(2,16)17;2*1-2/h3-8H,1-2H3,(H,14,15);2*1-2H3/t8-;;/m1../s1. The molecule has 0 saturated heterocycles. The predicted molar refractivity (Wildman–Crippen MR) is 91.5 cm³/mol. The highest BCUT2D eigenvalue weighted by Crippen LogP contribution is 2.34. The first-order valence-electron chi connectivity index (χ1n) is 7.35. The smallest absolute Gasteiger partial charge is 0.333 e. The minimum atomic E-state index is -3.53. The number of hydrogen-bond donors (Lipinski definition) is 1. The van der Waals surface area contributed by atoms with Crippen molar-refractivity contribution in [1.82, 2.24) is 0 Å². The van der Waals surface area contributed by atoms with Gasteiger partial charge in [0.25, 0.3) is 0 Å². The van der Waals surface area contributed by atoms with E-state index in [2.05, 4.69) is 0 Å². The molecule has 0 fully saturated rings. The van der Waals surface area contributed by atoms with E-state index in [4.69, 9.17) is 5.11 Å². The van der Waals surface area contributed by atoms with Gasteiger partial charge in [-0.1, -0.05) is 45.9 Å². The Morgan fingerprint density at radius 2 is 1.64 bits per heavy atom. The zero-order valence-corrected chi connectivity index (χ0v) is 14.8. The number of aliphatic carboxylic acids is 1. The van der Waals surface area contributed by atoms with Crippen LogP contribution in [0.1, 0.15) is 40.2 Å². The van der Waals surface area contributed by atoms with Crippen LogP contribution < -0.4 is 4.31 Å². The number of nitrogens with zero attached hydrogens (tertiary/aromatic N) is 1. The first kappa shape index (κ1) is 20.2. The van der Waals surface area contributed by atoms with Crippen molar-refractivity contribution in [2.45, 2.75) is 40.7 Å². The van der Waals surface area contributed by atoms with Crippen LogP contribution in [0.25, 0.3) is 6.08 Å². The van der Waals surface area contributed by atoms with Crippen LogP contribution >= 0.6 is 0 Å². The normalized spacial score (nSPS) is 16.2. The summed E-state index contributed by atoms with van der Waals surface area (Å²) in [6, 6.07) is 6.12. The van der Waals surface area contributed by atoms with E-state index in [1.165, 1.54) is 6.08 Å². The maximum Gasteiger partial charge on any atom is 0.333 e. The summed E-state index contributed by atoms with van der Waals surface area (Å²) in [6.45, 7) is 9.57. The summed E-state index contributed by atoms with van der Waals surface area (Å²) < 4.78 is 24.8. The predicted octanol–water partition coefficient (Wildman–Crippen LogP) is 3.38. The second kappa shape index (κ2) is 8.58. The van der Waals surface area contributed by atoms with E-state index in [9.17, 15) is 13.2 Å². The summed E-state index contributed by atoms with van der Waals surface area (Å²) in [5.41, 5.74) is 1.18. The fraction of sp³-hybridized carbons (Fsp3) is 0.438. The number of para-hydroxylation sites is 1. The second-order valence-corrected chi connectivity index (χ2v) is 6.06. The maximum atomic E-state index is 11.8. The molecule has 2 rings (SSSR count). The Kier molecular flexibility index (Phi) is 7.87. The van der Waals surface area contributed by atoms with Gasteiger partial charge in [-0.15, -0.1) is 0 Å². The van der Waals surface area contributed by atoms with Gasteiger partial charge >= 0.3 is 5.97 Å². The molecule has 124 valence electrons. The summed E-state index contributed by atoms with van der Waals surface area (Å²) >= 11 is 0. The van der Waals surface area contributed by atoms with E-state index in [1.807, 2.05) is 27.7 Å². The molecule has 1 aromatic carbocycles. The van der Waals surface area contributed by atoms with Gasteiger partial charge in [-0.2, -0.15) is 0 Å². The third-order valence-corrected chi connectivity index (χ3v) is 4.12. The number of carbonyl (C=O) groups is 1. The molecule has 1 aliphatic rings. The Morgan fingerprint density at radius 3 is 2.09 bits per heavy atom. The number of fused-ring (bicyclic) bond motifs is 1. The maximum absolute atomic E-state index is 11.8. The molecule has 1 atom stereocenters. The number of rotatable bonds is 2. The molecule has 0 aromatic heterocycles. The van der Waals surface area contributed by atoms with E-state index >= 15 is 0 Å². The van der Waals surface area contributed by atoms with Crippen LogP contribution in [0.5, 0.6) is 0 Å². The Balaban J connectivity index is 0.00000102. The molecule has 5 nitrogen and oxygen atoms in total. The largest absolute Gasteiger partial charge is 0.478 e. The zero-order chi connectivity index (χ0) is 17.5. The van der Waals surface area contributed by atoms with Gasteiger partial charge in [-0.3, -0.25) is 4.31 Å². The van der Waals surface area contributed by atoms with Gasteiger partial charge < -0.3 is 5.11 Å². The van der Waals surface area contributed by atoms with Crippen LogP contribution in [-0.2, 0) is 14.8 Å². The fourth-order valence-corrected chi connectivity index (χ4v) is 3.35. The number of carboxylic acids is 1. The third-order valence-electron chi connectivity index (χ3n) is 2.89. The number of carboxylic acid groups (broad SMARTS) is 1. The number of anilines is 1. The number of hydrogen-bond acceptors (Lipinski definition) is 3. The molecule has 0 saturated carbocycles. The van der Waals surface area contributed by atoms with Crippen molar-refractivity contribution in [1.29, 1.82) is 0 Å². The van der Waals surface area contributed by atoms with Gasteiger partial charge in [0.15, 0.2) is 0 Å². The van der Waals surface area contributed by atoms with E-state index < -0.39 is 22.0 Å². The van der Waals surface area contributed by atoms with Crippen molar-refractivity contribution in [3.8, 4) is 0 Å². The Labute approximate surface area is 133 Å². The average Bonchev–Trinajstić information content (AvgIpc) is 2.49. The van der Waals surface area contributed by atoms with Crippen molar-refractivity contribution < 1.29 is 18.3 Å². The minimum Gasteiger partial charge on any atom is -0.478 e. The number of sulfonamides is 1. The average molecular weight is 327 g/mol. The van der Waals surface area contributed by atoms with E-state index in [0.717, 1.165) is 10.6 Å². The summed E-state index contributed by atoms with van der Waals surface area (Å²) in [4.78, 5) is 11.2. The zero-order valence-electron chi connectivity index (χ0n) is 14.0. The Bertz CT molecular complexity index is 635. The Hall–Kier alpha value is -1.82. The highest BCUT2D eigenvalue weighted by molar-refractivity contribution is 7.92. The van der Waals surface area contributed by atoms with Crippen LogP contribution in [0, 0.1) is 0 Å². The van der Waals surface area contributed by atoms with Crippen molar-refractivity contribution in [2.75, 3.05) is 10.6 Å². The molecule has 0 amide bonds. The molecule has 1 aliphatic heterocycles. The van der Waals surface area contributed by atoms with Crippen molar-refractivity contribution in [3.63, 3.8) is 0 Å². The van der Waals surface area contributed by atoms with E-state index in [0.29, 0.717) is 11.3 Å². The monoisotopic (exact) mass is 327 g/mol. The Morgan fingerprint density at radius 1 is 1.14 bits per heavy atom. The first-order chi connectivity index (χ1) is 10.3. The summed E-state index contributed by atoms with van der Waals surface area (Å²) in [5, 5.41) is 9.13. The molecular formula is C16H25NO4S. The molecule has 6 heteroatoms. The SMILES string of the molecule is CC.CC.C[C@@H]1C(C(=O)O)=Cc2ccccc2N1S(C)(=O)=O. The first-order valence-corrected chi connectivity index (χ1v) is 9.20. The topological polar surface area (TPSA) is 74.7 Å². The lowest BCUT2D eigenvalue weighted by Gasteiger charge is -2.33. The fourth-order valence-electron chi connectivity index (χ4n) is 2.14. The number of benzene rings is 1. The van der Waals surface area contributed by atoms with Crippen LogP contribution in [-0.4, -0.2) is 31.8 Å². The quantitative estimate of drug-likeness (QED) is 0.903. The van der Waals surface area contributed by atoms with Crippen molar-refractivity contribution in [2.24, 2.45) is 0 Å². The molecular weight excluding hydrogens is 302 g/mol. The molecule has 0 aliphatic carbocycles. The van der Waals surface area contributed by atoms with Crippen molar-refractivity contribution in [3.05, 3.63) is 35.4 Å². The lowest BCUT2D eigenvalue weighted by atomic mass is 9.99. The van der Waals surface area contributed by atoms with Crippen LogP contribution in [0.4, 0.5) is 5.69 Å². The van der Waals surface area contributed by atoms with Gasteiger partial charge in [0.2, 0.25) is 10.0 Å². The highest BCUT2D eigenvalue weighted by Gasteiger charge is 2.33. The van der Waals surface area contributed by atoms with Crippen LogP contribution in [0.2, 0.25) is 0 Å². The van der Waals surface area contributed by atoms with Gasteiger partial charge in [-0.25, -0.2) is 13.2 Å². The molecule has 0 unspecified atom stereocenters. The van der Waals surface area contributed by atoms with Gasteiger partial charge in [0, 0.05) is 0 Å². The molecule has 1 heterocycles. The molecule has 0 bridgehead atoms. The molecule has 1 aromatic rings. The highest BCUT2D eigenvalue weighted by atomic mass is 32.2. The third kappa shape index (κ3) is 4.34.